The Labute approximate surface area is 73.8 Å². The number of benzene rings is 1. The molecule has 0 bridgehead atoms. The summed E-state index contributed by atoms with van der Waals surface area (Å²) in [6, 6.07) is 7.82. The Morgan fingerprint density at radius 3 is 2.83 bits per heavy atom. The fourth-order valence-electron chi connectivity index (χ4n) is 1.000. The number of hydrogen-bond donors (Lipinski definition) is 1. The van der Waals surface area contributed by atoms with E-state index in [9.17, 15) is 4.79 Å². The summed E-state index contributed by atoms with van der Waals surface area (Å²) >= 11 is 0. The van der Waals surface area contributed by atoms with Crippen molar-refractivity contribution < 1.29 is 9.90 Å². The van der Waals surface area contributed by atoms with Crippen LogP contribution in [0.3, 0.4) is 0 Å². The molecule has 0 radical (unpaired) electrons. The summed E-state index contributed by atoms with van der Waals surface area (Å²) in [5.41, 5.74) is 1.07. The van der Waals surface area contributed by atoms with Crippen molar-refractivity contribution in [2.75, 3.05) is 0 Å². The standard InChI is InChI=1S/C9H11O2P/c10-9(11)5-4-7-2-1-3-8(12)6-7/h1-3,6H,4-5,12H2,(H,10,11). The summed E-state index contributed by atoms with van der Waals surface area (Å²) in [6.07, 6.45) is 0.811. The minimum Gasteiger partial charge on any atom is -0.481 e. The van der Waals surface area contributed by atoms with Crippen LogP contribution in [0.25, 0.3) is 0 Å². The minimum absolute atomic E-state index is 0.202. The van der Waals surface area contributed by atoms with E-state index in [-0.39, 0.29) is 6.42 Å². The summed E-state index contributed by atoms with van der Waals surface area (Å²) < 4.78 is 0. The summed E-state index contributed by atoms with van der Waals surface area (Å²) in [6.45, 7) is 0. The van der Waals surface area contributed by atoms with E-state index >= 15 is 0 Å². The number of aliphatic carboxylic acids is 1. The highest BCUT2D eigenvalue weighted by Gasteiger charge is 1.98. The van der Waals surface area contributed by atoms with Gasteiger partial charge in [-0.1, -0.05) is 24.3 Å². The number of aryl methyl sites for hydroxylation is 1. The molecule has 64 valence electrons. The van der Waals surface area contributed by atoms with Gasteiger partial charge in [-0.15, -0.1) is 9.24 Å². The zero-order valence-corrected chi connectivity index (χ0v) is 7.81. The van der Waals surface area contributed by atoms with Crippen LogP contribution in [0, 0.1) is 0 Å². The predicted octanol–water partition coefficient (Wildman–Crippen LogP) is 1.20. The molecule has 0 spiro atoms. The molecule has 3 heteroatoms. The molecule has 1 atom stereocenters. The minimum atomic E-state index is -0.746. The van der Waals surface area contributed by atoms with Crippen molar-refractivity contribution >= 4 is 20.5 Å². The molecule has 0 aliphatic heterocycles. The molecular weight excluding hydrogens is 171 g/mol. The highest BCUT2D eigenvalue weighted by atomic mass is 31.0. The van der Waals surface area contributed by atoms with Crippen LogP contribution in [0.2, 0.25) is 0 Å². The number of carboxylic acids is 1. The molecule has 1 aromatic carbocycles. The van der Waals surface area contributed by atoms with Crippen LogP contribution in [0.15, 0.2) is 24.3 Å². The molecule has 0 saturated heterocycles. The van der Waals surface area contributed by atoms with Crippen LogP contribution in [0.5, 0.6) is 0 Å². The van der Waals surface area contributed by atoms with E-state index in [0.29, 0.717) is 6.42 Å². The molecule has 0 saturated carbocycles. The van der Waals surface area contributed by atoms with Gasteiger partial charge in [-0.05, 0) is 17.3 Å². The maximum absolute atomic E-state index is 10.3. The molecule has 0 amide bonds. The molecule has 0 aliphatic carbocycles. The third-order valence-electron chi connectivity index (χ3n) is 1.58. The largest absolute Gasteiger partial charge is 0.481 e. The lowest BCUT2D eigenvalue weighted by Crippen LogP contribution is -1.99. The average molecular weight is 182 g/mol. The fraction of sp³-hybridized carbons (Fsp3) is 0.222. The molecular formula is C9H11O2P. The molecule has 1 aromatic rings. The quantitative estimate of drug-likeness (QED) is 0.713. The third-order valence-corrected chi connectivity index (χ3v) is 1.94. The molecule has 12 heavy (non-hydrogen) atoms. The monoisotopic (exact) mass is 182 g/mol. The van der Waals surface area contributed by atoms with Crippen LogP contribution in [-0.2, 0) is 11.2 Å². The molecule has 2 nitrogen and oxygen atoms in total. The second kappa shape index (κ2) is 4.22. The van der Waals surface area contributed by atoms with E-state index in [1.807, 2.05) is 24.3 Å². The highest BCUT2D eigenvalue weighted by molar-refractivity contribution is 7.27. The topological polar surface area (TPSA) is 37.3 Å². The smallest absolute Gasteiger partial charge is 0.303 e. The van der Waals surface area contributed by atoms with Gasteiger partial charge in [0, 0.05) is 6.42 Å². The first-order chi connectivity index (χ1) is 5.68. The van der Waals surface area contributed by atoms with Gasteiger partial charge in [0.1, 0.15) is 0 Å². The van der Waals surface area contributed by atoms with E-state index in [4.69, 9.17) is 5.11 Å². The molecule has 0 aliphatic rings. The number of hydrogen-bond acceptors (Lipinski definition) is 1. The van der Waals surface area contributed by atoms with Gasteiger partial charge in [0.2, 0.25) is 0 Å². The predicted molar refractivity (Wildman–Crippen MR) is 51.7 cm³/mol. The zero-order valence-electron chi connectivity index (χ0n) is 6.66. The lowest BCUT2D eigenvalue weighted by Gasteiger charge is -1.98. The second-order valence-electron chi connectivity index (χ2n) is 2.64. The van der Waals surface area contributed by atoms with Crippen LogP contribution >= 0.6 is 9.24 Å². The van der Waals surface area contributed by atoms with Crippen molar-refractivity contribution in [3.05, 3.63) is 29.8 Å². The maximum atomic E-state index is 10.3. The van der Waals surface area contributed by atoms with Crippen molar-refractivity contribution in [1.82, 2.24) is 0 Å². The molecule has 1 unspecified atom stereocenters. The summed E-state index contributed by atoms with van der Waals surface area (Å²) in [5.74, 6) is -0.746. The van der Waals surface area contributed by atoms with Crippen LogP contribution in [-0.4, -0.2) is 11.1 Å². The van der Waals surface area contributed by atoms with Crippen molar-refractivity contribution in [2.24, 2.45) is 0 Å². The first-order valence-corrected chi connectivity index (χ1v) is 4.32. The first-order valence-electron chi connectivity index (χ1n) is 3.74. The Morgan fingerprint density at radius 1 is 1.50 bits per heavy atom. The van der Waals surface area contributed by atoms with E-state index in [1.165, 1.54) is 0 Å². The van der Waals surface area contributed by atoms with Gasteiger partial charge < -0.3 is 5.11 Å². The Kier molecular flexibility index (Phi) is 3.24. The van der Waals surface area contributed by atoms with Gasteiger partial charge in [0.15, 0.2) is 0 Å². The van der Waals surface area contributed by atoms with Crippen LogP contribution in [0.1, 0.15) is 12.0 Å². The van der Waals surface area contributed by atoms with Crippen LogP contribution in [0.4, 0.5) is 0 Å². The van der Waals surface area contributed by atoms with Gasteiger partial charge in [-0.3, -0.25) is 4.79 Å². The SMILES string of the molecule is O=C(O)CCc1cccc(P)c1. The highest BCUT2D eigenvalue weighted by Crippen LogP contribution is 2.02. The summed E-state index contributed by atoms with van der Waals surface area (Å²) in [5, 5.41) is 9.53. The van der Waals surface area contributed by atoms with Gasteiger partial charge in [0.25, 0.3) is 0 Å². The van der Waals surface area contributed by atoms with Gasteiger partial charge in [-0.2, -0.15) is 0 Å². The summed E-state index contributed by atoms with van der Waals surface area (Å²) in [7, 11) is 2.59. The van der Waals surface area contributed by atoms with Crippen molar-refractivity contribution in [2.45, 2.75) is 12.8 Å². The number of carbonyl (C=O) groups is 1. The normalized spacial score (nSPS) is 9.75. The number of carboxylic acid groups (broad SMARTS) is 1. The fourth-order valence-corrected chi connectivity index (χ4v) is 1.33. The molecule has 0 heterocycles. The first kappa shape index (κ1) is 9.21. The third kappa shape index (κ3) is 3.02. The summed E-state index contributed by atoms with van der Waals surface area (Å²) in [4.78, 5) is 10.3. The van der Waals surface area contributed by atoms with E-state index in [0.717, 1.165) is 10.9 Å². The molecule has 1 rings (SSSR count). The average Bonchev–Trinajstić information content (AvgIpc) is 2.01. The van der Waals surface area contributed by atoms with E-state index in [1.54, 1.807) is 0 Å². The Morgan fingerprint density at radius 2 is 2.25 bits per heavy atom. The van der Waals surface area contributed by atoms with Crippen molar-refractivity contribution in [3.63, 3.8) is 0 Å². The maximum Gasteiger partial charge on any atom is 0.303 e. The van der Waals surface area contributed by atoms with E-state index < -0.39 is 5.97 Å². The van der Waals surface area contributed by atoms with Crippen molar-refractivity contribution in [1.29, 1.82) is 0 Å². The lowest BCUT2D eigenvalue weighted by atomic mass is 10.1. The lowest BCUT2D eigenvalue weighted by molar-refractivity contribution is -0.136. The van der Waals surface area contributed by atoms with Crippen LogP contribution < -0.4 is 5.30 Å². The van der Waals surface area contributed by atoms with Crippen molar-refractivity contribution in [3.8, 4) is 0 Å². The van der Waals surface area contributed by atoms with Gasteiger partial charge in [-0.25, -0.2) is 0 Å². The van der Waals surface area contributed by atoms with Gasteiger partial charge >= 0.3 is 5.97 Å². The molecule has 0 fully saturated rings. The second-order valence-corrected chi connectivity index (χ2v) is 3.31. The Hall–Kier alpha value is -0.880. The zero-order chi connectivity index (χ0) is 8.97. The van der Waals surface area contributed by atoms with E-state index in [2.05, 4.69) is 9.24 Å². The van der Waals surface area contributed by atoms with Gasteiger partial charge in [0.05, 0.1) is 0 Å². The molecule has 0 aromatic heterocycles. The molecule has 1 N–H and O–H groups in total. The Bertz CT molecular complexity index is 284. The number of rotatable bonds is 3. The Balaban J connectivity index is 2.57.